The van der Waals surface area contributed by atoms with Crippen LogP contribution in [0.1, 0.15) is 12.7 Å². The highest BCUT2D eigenvalue weighted by molar-refractivity contribution is 6.33. The first-order valence-corrected chi connectivity index (χ1v) is 7.95. The second-order valence-electron chi connectivity index (χ2n) is 5.79. The molecule has 7 nitrogen and oxygen atoms in total. The standard InChI is InChI=1S/C16H13ClF2N6O/c1-16(18,19)15-23-14(24-25-15)13-12(7-5-20-21-6-7)8-3-11(26-2)9(17)4-10(8)22-13/h3-6,22H,1-2H3,(H,20,21)(H,23,24,25). The lowest BCUT2D eigenvalue weighted by Gasteiger charge is -2.04. The van der Waals surface area contributed by atoms with Crippen LogP contribution in [0, 0.1) is 0 Å². The lowest BCUT2D eigenvalue weighted by Crippen LogP contribution is -2.09. The van der Waals surface area contributed by atoms with Crippen molar-refractivity contribution in [2.75, 3.05) is 7.11 Å². The van der Waals surface area contributed by atoms with E-state index in [1.807, 2.05) is 0 Å². The summed E-state index contributed by atoms with van der Waals surface area (Å²) < 4.78 is 32.3. The number of alkyl halides is 2. The van der Waals surface area contributed by atoms with Crippen LogP contribution in [-0.4, -0.2) is 37.5 Å². The Bertz CT molecular complexity index is 1080. The molecule has 3 N–H and O–H groups in total. The van der Waals surface area contributed by atoms with Crippen LogP contribution in [0.4, 0.5) is 8.78 Å². The second-order valence-corrected chi connectivity index (χ2v) is 6.20. The first kappa shape index (κ1) is 16.5. The van der Waals surface area contributed by atoms with Crippen molar-refractivity contribution in [3.05, 3.63) is 35.4 Å². The summed E-state index contributed by atoms with van der Waals surface area (Å²) in [7, 11) is 1.52. The minimum absolute atomic E-state index is 0.115. The number of rotatable bonds is 4. The largest absolute Gasteiger partial charge is 0.495 e. The van der Waals surface area contributed by atoms with Crippen molar-refractivity contribution in [3.63, 3.8) is 0 Å². The molecule has 3 aromatic heterocycles. The zero-order valence-corrected chi connectivity index (χ0v) is 14.4. The van der Waals surface area contributed by atoms with Gasteiger partial charge in [0.05, 0.1) is 24.0 Å². The van der Waals surface area contributed by atoms with Gasteiger partial charge in [-0.05, 0) is 12.1 Å². The van der Waals surface area contributed by atoms with Gasteiger partial charge in [0.15, 0.2) is 11.6 Å². The third-order valence-corrected chi connectivity index (χ3v) is 4.28. The molecule has 0 saturated carbocycles. The molecule has 0 aliphatic rings. The van der Waals surface area contributed by atoms with Gasteiger partial charge in [0.1, 0.15) is 5.75 Å². The molecule has 0 fully saturated rings. The van der Waals surface area contributed by atoms with Gasteiger partial charge in [-0.1, -0.05) is 11.6 Å². The van der Waals surface area contributed by atoms with Gasteiger partial charge in [0, 0.05) is 35.2 Å². The summed E-state index contributed by atoms with van der Waals surface area (Å²) >= 11 is 6.20. The SMILES string of the molecule is COc1cc2c(-c3cn[nH]c3)c(-c3n[nH]c(C(C)(F)F)n3)[nH]c2cc1Cl. The average molecular weight is 379 g/mol. The molecule has 0 atom stereocenters. The number of hydrogen-bond donors (Lipinski definition) is 3. The van der Waals surface area contributed by atoms with Crippen LogP contribution in [0.25, 0.3) is 33.5 Å². The fraction of sp³-hybridized carbons (Fsp3) is 0.188. The van der Waals surface area contributed by atoms with Crippen LogP contribution in [-0.2, 0) is 5.92 Å². The highest BCUT2D eigenvalue weighted by atomic mass is 35.5. The van der Waals surface area contributed by atoms with Crippen molar-refractivity contribution in [1.29, 1.82) is 0 Å². The summed E-state index contributed by atoms with van der Waals surface area (Å²) in [5.74, 6) is -3.03. The highest BCUT2D eigenvalue weighted by Gasteiger charge is 2.30. The molecular weight excluding hydrogens is 366 g/mol. The molecule has 0 saturated heterocycles. The number of benzene rings is 1. The van der Waals surface area contributed by atoms with Crippen molar-refractivity contribution in [3.8, 4) is 28.4 Å². The van der Waals surface area contributed by atoms with Crippen molar-refractivity contribution in [2.45, 2.75) is 12.8 Å². The van der Waals surface area contributed by atoms with Gasteiger partial charge in [0.2, 0.25) is 0 Å². The maximum Gasteiger partial charge on any atom is 0.303 e. The number of nitrogens with zero attached hydrogens (tertiary/aromatic N) is 3. The molecule has 0 aliphatic carbocycles. The first-order chi connectivity index (χ1) is 12.4. The number of aromatic amines is 3. The van der Waals surface area contributed by atoms with E-state index in [4.69, 9.17) is 16.3 Å². The van der Waals surface area contributed by atoms with Gasteiger partial charge >= 0.3 is 5.92 Å². The zero-order valence-electron chi connectivity index (χ0n) is 13.7. The lowest BCUT2D eigenvalue weighted by atomic mass is 10.0. The molecular formula is C16H13ClF2N6O. The van der Waals surface area contributed by atoms with E-state index in [1.54, 1.807) is 24.5 Å². The Labute approximate surface area is 150 Å². The van der Waals surface area contributed by atoms with Crippen LogP contribution in [0.3, 0.4) is 0 Å². The molecule has 0 amide bonds. The van der Waals surface area contributed by atoms with E-state index in [-0.39, 0.29) is 5.82 Å². The Morgan fingerprint density at radius 2 is 2.08 bits per heavy atom. The predicted octanol–water partition coefficient (Wildman–Crippen LogP) is 4.12. The van der Waals surface area contributed by atoms with Crippen molar-refractivity contribution < 1.29 is 13.5 Å². The third-order valence-electron chi connectivity index (χ3n) is 3.98. The molecule has 134 valence electrons. The molecule has 0 unspecified atom stereocenters. The first-order valence-electron chi connectivity index (χ1n) is 7.58. The summed E-state index contributed by atoms with van der Waals surface area (Å²) in [6.07, 6.45) is 3.31. The van der Waals surface area contributed by atoms with Gasteiger partial charge < -0.3 is 9.72 Å². The van der Waals surface area contributed by atoms with Crippen LogP contribution >= 0.6 is 11.6 Å². The van der Waals surface area contributed by atoms with E-state index < -0.39 is 11.7 Å². The number of ether oxygens (including phenoxy) is 1. The molecule has 1 aromatic carbocycles. The number of H-pyrrole nitrogens is 3. The van der Waals surface area contributed by atoms with Gasteiger partial charge in [-0.3, -0.25) is 10.2 Å². The zero-order chi connectivity index (χ0) is 18.5. The quantitative estimate of drug-likeness (QED) is 0.498. The highest BCUT2D eigenvalue weighted by Crippen LogP contribution is 2.41. The third kappa shape index (κ3) is 2.60. The average Bonchev–Trinajstić information content (AvgIpc) is 3.31. The number of aromatic nitrogens is 6. The maximum atomic E-state index is 13.5. The maximum absolute atomic E-state index is 13.5. The predicted molar refractivity (Wildman–Crippen MR) is 92.4 cm³/mol. The van der Waals surface area contributed by atoms with Gasteiger partial charge in [0.25, 0.3) is 0 Å². The summed E-state index contributed by atoms with van der Waals surface area (Å²) in [6.45, 7) is 0.754. The minimum Gasteiger partial charge on any atom is -0.495 e. The number of methoxy groups -OCH3 is 1. The molecule has 26 heavy (non-hydrogen) atoms. The number of hydrogen-bond acceptors (Lipinski definition) is 4. The Balaban J connectivity index is 2.00. The smallest absolute Gasteiger partial charge is 0.303 e. The molecule has 0 radical (unpaired) electrons. The van der Waals surface area contributed by atoms with Crippen LogP contribution in [0.15, 0.2) is 24.5 Å². The Morgan fingerprint density at radius 3 is 2.69 bits per heavy atom. The molecule has 0 aliphatic heterocycles. The second kappa shape index (κ2) is 5.80. The van der Waals surface area contributed by atoms with E-state index in [9.17, 15) is 8.78 Å². The minimum atomic E-state index is -3.13. The molecule has 4 rings (SSSR count). The van der Waals surface area contributed by atoms with Crippen LogP contribution < -0.4 is 4.74 Å². The lowest BCUT2D eigenvalue weighted by molar-refractivity contribution is 0.00813. The monoisotopic (exact) mass is 378 g/mol. The van der Waals surface area contributed by atoms with Crippen LogP contribution in [0.2, 0.25) is 5.02 Å². The van der Waals surface area contributed by atoms with Gasteiger partial charge in [-0.15, -0.1) is 0 Å². The van der Waals surface area contributed by atoms with Crippen molar-refractivity contribution in [2.24, 2.45) is 0 Å². The van der Waals surface area contributed by atoms with E-state index in [0.717, 1.165) is 17.9 Å². The molecule has 3 heterocycles. The fourth-order valence-corrected chi connectivity index (χ4v) is 3.02. The molecule has 4 aromatic rings. The Morgan fingerprint density at radius 1 is 1.27 bits per heavy atom. The van der Waals surface area contributed by atoms with E-state index in [1.165, 1.54) is 7.11 Å². The van der Waals surface area contributed by atoms with Crippen molar-refractivity contribution >= 4 is 22.5 Å². The summed E-state index contributed by atoms with van der Waals surface area (Å²) in [5.41, 5.74) is 2.60. The van der Waals surface area contributed by atoms with Gasteiger partial charge in [-0.25, -0.2) is 4.98 Å². The molecule has 10 heteroatoms. The molecule has 0 bridgehead atoms. The fourth-order valence-electron chi connectivity index (χ4n) is 2.78. The summed E-state index contributed by atoms with van der Waals surface area (Å²) in [6, 6.07) is 3.47. The van der Waals surface area contributed by atoms with Gasteiger partial charge in [-0.2, -0.15) is 19.0 Å². The van der Waals surface area contributed by atoms with E-state index in [2.05, 4.69) is 30.4 Å². The van der Waals surface area contributed by atoms with E-state index >= 15 is 0 Å². The van der Waals surface area contributed by atoms with E-state index in [0.29, 0.717) is 27.5 Å². The number of fused-ring (bicyclic) bond motifs is 1. The van der Waals surface area contributed by atoms with Crippen LogP contribution in [0.5, 0.6) is 5.75 Å². The summed E-state index contributed by atoms with van der Waals surface area (Å²) in [4.78, 5) is 7.09. The van der Waals surface area contributed by atoms with Crippen molar-refractivity contribution in [1.82, 2.24) is 30.4 Å². The number of halogens is 3. The topological polar surface area (TPSA) is 95.3 Å². The molecule has 0 spiro atoms. The number of nitrogens with one attached hydrogen (secondary N) is 3. The summed E-state index contributed by atoms with van der Waals surface area (Å²) in [5, 5.41) is 14.1. The Kier molecular flexibility index (Phi) is 3.69. The normalized spacial score (nSPS) is 12.0. The Hall–Kier alpha value is -2.94.